The Morgan fingerprint density at radius 1 is 1.47 bits per heavy atom. The Morgan fingerprint density at radius 2 is 2.26 bits per heavy atom. The summed E-state index contributed by atoms with van der Waals surface area (Å²) in [5.41, 5.74) is 0. The van der Waals surface area contributed by atoms with E-state index in [1.54, 1.807) is 18.5 Å². The van der Waals surface area contributed by atoms with Gasteiger partial charge in [0, 0.05) is 12.4 Å². The summed E-state index contributed by atoms with van der Waals surface area (Å²) >= 11 is 0. The van der Waals surface area contributed by atoms with Crippen LogP contribution >= 0.6 is 0 Å². The van der Waals surface area contributed by atoms with Gasteiger partial charge in [-0.25, -0.2) is 18.1 Å². The summed E-state index contributed by atoms with van der Waals surface area (Å²) in [6.07, 6.45) is 3.43. The summed E-state index contributed by atoms with van der Waals surface area (Å²) in [6.45, 7) is 2.37. The molecule has 2 aromatic rings. The molecule has 7 nitrogen and oxygen atoms in total. The molecule has 1 atom stereocenters. The van der Waals surface area contributed by atoms with Gasteiger partial charge in [0.15, 0.2) is 0 Å². The van der Waals surface area contributed by atoms with Crippen LogP contribution in [-0.4, -0.2) is 25.4 Å². The summed E-state index contributed by atoms with van der Waals surface area (Å²) in [4.78, 5) is 7.13. The van der Waals surface area contributed by atoms with E-state index >= 15 is 0 Å². The molecule has 2 aromatic heterocycles. The Balaban J connectivity index is 1.98. The quantitative estimate of drug-likeness (QED) is 0.727. The highest BCUT2D eigenvalue weighted by Gasteiger charge is 2.16. The molecular weight excluding hydrogens is 268 g/mol. The van der Waals surface area contributed by atoms with Gasteiger partial charge in [0.25, 0.3) is 10.0 Å². The molecule has 3 N–H and O–H groups in total. The van der Waals surface area contributed by atoms with Crippen molar-refractivity contribution in [3.63, 3.8) is 0 Å². The van der Waals surface area contributed by atoms with Crippen LogP contribution < -0.4 is 10.0 Å². The van der Waals surface area contributed by atoms with E-state index in [0.29, 0.717) is 12.3 Å². The minimum Gasteiger partial charge on any atom is -0.447 e. The largest absolute Gasteiger partial charge is 0.447 e. The van der Waals surface area contributed by atoms with Crippen LogP contribution in [0.5, 0.6) is 0 Å². The van der Waals surface area contributed by atoms with Crippen LogP contribution in [0.25, 0.3) is 0 Å². The van der Waals surface area contributed by atoms with E-state index in [9.17, 15) is 8.42 Å². The van der Waals surface area contributed by atoms with Crippen molar-refractivity contribution in [2.24, 2.45) is 0 Å². The highest BCUT2D eigenvalue weighted by molar-refractivity contribution is 7.89. The number of imidazole rings is 1. The Bertz CT molecular complexity index is 618. The first-order valence-electron chi connectivity index (χ1n) is 5.78. The molecule has 0 radical (unpaired) electrons. The molecule has 0 saturated carbocycles. The topological polar surface area (TPSA) is 100 Å². The normalized spacial score (nSPS) is 13.6. The van der Waals surface area contributed by atoms with E-state index in [-0.39, 0.29) is 11.1 Å². The van der Waals surface area contributed by atoms with E-state index in [1.165, 1.54) is 13.1 Å². The molecule has 0 saturated heterocycles. The van der Waals surface area contributed by atoms with Crippen molar-refractivity contribution in [3.05, 3.63) is 36.1 Å². The summed E-state index contributed by atoms with van der Waals surface area (Å²) in [7, 11) is -2.18. The number of rotatable bonds is 6. The first-order chi connectivity index (χ1) is 9.03. The molecule has 0 aromatic carbocycles. The van der Waals surface area contributed by atoms with Gasteiger partial charge in [-0.3, -0.25) is 0 Å². The molecule has 2 rings (SSSR count). The van der Waals surface area contributed by atoms with Crippen molar-refractivity contribution in [3.8, 4) is 0 Å². The first kappa shape index (κ1) is 13.8. The van der Waals surface area contributed by atoms with Gasteiger partial charge in [0.2, 0.25) is 5.09 Å². The fourth-order valence-electron chi connectivity index (χ4n) is 1.56. The van der Waals surface area contributed by atoms with Gasteiger partial charge in [-0.2, -0.15) is 0 Å². The number of hydrogen-bond donors (Lipinski definition) is 3. The third-order valence-corrected chi connectivity index (χ3v) is 3.97. The highest BCUT2D eigenvalue weighted by atomic mass is 32.2. The standard InChI is InChI=1S/C11H16N4O3S/c1-8(11-13-5-6-14-11)15-7-9-3-4-10(18-9)19(16,17)12-2/h3-6,8,12,15H,7H2,1-2H3,(H,13,14). The van der Waals surface area contributed by atoms with Crippen LogP contribution in [0.15, 0.2) is 34.0 Å². The molecule has 0 aliphatic carbocycles. The predicted octanol–water partition coefficient (Wildman–Crippen LogP) is 0.762. The van der Waals surface area contributed by atoms with E-state index in [4.69, 9.17) is 4.42 Å². The maximum atomic E-state index is 11.5. The molecule has 0 fully saturated rings. The van der Waals surface area contributed by atoms with Gasteiger partial charge in [0.1, 0.15) is 11.6 Å². The van der Waals surface area contributed by atoms with Gasteiger partial charge in [-0.05, 0) is 26.1 Å². The van der Waals surface area contributed by atoms with Gasteiger partial charge < -0.3 is 14.7 Å². The molecule has 8 heteroatoms. The second kappa shape index (κ2) is 5.55. The fraction of sp³-hybridized carbons (Fsp3) is 0.364. The zero-order valence-corrected chi connectivity index (χ0v) is 11.5. The van der Waals surface area contributed by atoms with Crippen molar-refractivity contribution in [2.45, 2.75) is 24.6 Å². The Labute approximate surface area is 111 Å². The van der Waals surface area contributed by atoms with E-state index in [2.05, 4.69) is 20.0 Å². The number of furan rings is 1. The number of nitrogens with one attached hydrogen (secondary N) is 3. The molecule has 1 unspecified atom stereocenters. The van der Waals surface area contributed by atoms with Crippen LogP contribution in [0.1, 0.15) is 24.6 Å². The third-order valence-electron chi connectivity index (χ3n) is 2.68. The van der Waals surface area contributed by atoms with Gasteiger partial charge in [-0.15, -0.1) is 0 Å². The van der Waals surface area contributed by atoms with Crippen LogP contribution in [0.3, 0.4) is 0 Å². The van der Waals surface area contributed by atoms with E-state index in [0.717, 1.165) is 5.82 Å². The van der Waals surface area contributed by atoms with Gasteiger partial charge in [0.05, 0.1) is 12.6 Å². The zero-order valence-electron chi connectivity index (χ0n) is 10.7. The van der Waals surface area contributed by atoms with Crippen molar-refractivity contribution in [1.82, 2.24) is 20.0 Å². The first-order valence-corrected chi connectivity index (χ1v) is 7.26. The Kier molecular flexibility index (Phi) is 4.03. The lowest BCUT2D eigenvalue weighted by atomic mass is 10.3. The lowest BCUT2D eigenvalue weighted by molar-refractivity contribution is 0.390. The molecule has 0 aliphatic rings. The van der Waals surface area contributed by atoms with Crippen molar-refractivity contribution in [2.75, 3.05) is 7.05 Å². The Hall–Kier alpha value is -1.64. The SMILES string of the molecule is CNS(=O)(=O)c1ccc(CNC(C)c2ncc[nH]2)o1. The Morgan fingerprint density at radius 3 is 2.89 bits per heavy atom. The molecule has 0 spiro atoms. The number of H-pyrrole nitrogens is 1. The van der Waals surface area contributed by atoms with Crippen LogP contribution in [0.4, 0.5) is 0 Å². The monoisotopic (exact) mass is 284 g/mol. The molecule has 19 heavy (non-hydrogen) atoms. The van der Waals surface area contributed by atoms with Crippen LogP contribution in [0.2, 0.25) is 0 Å². The smallest absolute Gasteiger partial charge is 0.273 e. The molecule has 0 bridgehead atoms. The molecular formula is C11H16N4O3S. The second-order valence-corrected chi connectivity index (χ2v) is 5.82. The molecule has 0 amide bonds. The lowest BCUT2D eigenvalue weighted by Crippen LogP contribution is -2.19. The lowest BCUT2D eigenvalue weighted by Gasteiger charge is -2.09. The number of sulfonamides is 1. The van der Waals surface area contributed by atoms with Crippen molar-refractivity contribution >= 4 is 10.0 Å². The number of aromatic nitrogens is 2. The highest BCUT2D eigenvalue weighted by Crippen LogP contribution is 2.14. The van der Waals surface area contributed by atoms with Crippen LogP contribution in [-0.2, 0) is 16.6 Å². The minimum absolute atomic E-state index is 0.0180. The van der Waals surface area contributed by atoms with Crippen LogP contribution in [0, 0.1) is 0 Å². The average molecular weight is 284 g/mol. The van der Waals surface area contributed by atoms with E-state index in [1.807, 2.05) is 6.92 Å². The van der Waals surface area contributed by atoms with Crippen molar-refractivity contribution in [1.29, 1.82) is 0 Å². The summed E-state index contributed by atoms with van der Waals surface area (Å²) < 4.78 is 30.5. The number of nitrogens with zero attached hydrogens (tertiary/aromatic N) is 1. The number of hydrogen-bond acceptors (Lipinski definition) is 5. The number of aromatic amines is 1. The van der Waals surface area contributed by atoms with Gasteiger partial charge >= 0.3 is 0 Å². The van der Waals surface area contributed by atoms with Crippen molar-refractivity contribution < 1.29 is 12.8 Å². The molecule has 2 heterocycles. The zero-order chi connectivity index (χ0) is 13.9. The van der Waals surface area contributed by atoms with E-state index < -0.39 is 10.0 Å². The maximum absolute atomic E-state index is 11.5. The molecule has 0 aliphatic heterocycles. The maximum Gasteiger partial charge on any atom is 0.273 e. The summed E-state index contributed by atoms with van der Waals surface area (Å²) in [5.74, 6) is 1.36. The molecule has 104 valence electrons. The summed E-state index contributed by atoms with van der Waals surface area (Å²) in [6, 6.07) is 3.08. The fourth-order valence-corrected chi connectivity index (χ4v) is 2.23. The average Bonchev–Trinajstić information content (AvgIpc) is 3.07. The minimum atomic E-state index is -3.52. The second-order valence-electron chi connectivity index (χ2n) is 4.01. The summed E-state index contributed by atoms with van der Waals surface area (Å²) in [5, 5.41) is 3.10. The van der Waals surface area contributed by atoms with Gasteiger partial charge in [-0.1, -0.05) is 0 Å². The predicted molar refractivity (Wildman–Crippen MR) is 68.8 cm³/mol. The third kappa shape index (κ3) is 3.22.